The zero-order valence-electron chi connectivity index (χ0n) is 13.2. The number of amides is 1. The number of ether oxygens (including phenoxy) is 3. The Morgan fingerprint density at radius 3 is 2.92 bits per heavy atom. The molecular weight excluding hydrogens is 312 g/mol. The molecule has 126 valence electrons. The number of carbonyl (C=O) groups is 1. The SMILES string of the molecule is COc1cc(C(=O)NCCNc2cnccn2)cc2c1OCCO2. The minimum atomic E-state index is -0.216. The molecule has 2 aromatic rings. The van der Waals surface area contributed by atoms with E-state index in [2.05, 4.69) is 20.6 Å². The zero-order chi connectivity index (χ0) is 16.8. The average Bonchev–Trinajstić information content (AvgIpc) is 2.65. The number of benzene rings is 1. The van der Waals surface area contributed by atoms with Crippen LogP contribution in [0.25, 0.3) is 0 Å². The van der Waals surface area contributed by atoms with E-state index in [1.807, 2.05) is 0 Å². The summed E-state index contributed by atoms with van der Waals surface area (Å²) >= 11 is 0. The maximum Gasteiger partial charge on any atom is 0.251 e. The van der Waals surface area contributed by atoms with Crippen molar-refractivity contribution in [3.8, 4) is 17.2 Å². The predicted molar refractivity (Wildman–Crippen MR) is 86.8 cm³/mol. The summed E-state index contributed by atoms with van der Waals surface area (Å²) < 4.78 is 16.3. The van der Waals surface area contributed by atoms with Crippen molar-refractivity contribution in [2.24, 2.45) is 0 Å². The fourth-order valence-corrected chi connectivity index (χ4v) is 2.26. The molecule has 0 spiro atoms. The molecule has 1 aliphatic heterocycles. The molecule has 1 amide bonds. The van der Waals surface area contributed by atoms with Crippen molar-refractivity contribution in [3.63, 3.8) is 0 Å². The van der Waals surface area contributed by atoms with E-state index in [0.717, 1.165) is 0 Å². The molecule has 0 bridgehead atoms. The lowest BCUT2D eigenvalue weighted by molar-refractivity contribution is 0.0953. The molecule has 8 heteroatoms. The van der Waals surface area contributed by atoms with Crippen LogP contribution >= 0.6 is 0 Å². The molecular formula is C16H18N4O4. The first-order chi connectivity index (χ1) is 11.8. The monoisotopic (exact) mass is 330 g/mol. The summed E-state index contributed by atoms with van der Waals surface area (Å²) in [5, 5.41) is 5.89. The molecule has 2 N–H and O–H groups in total. The first-order valence-corrected chi connectivity index (χ1v) is 7.53. The van der Waals surface area contributed by atoms with Gasteiger partial charge in [0.15, 0.2) is 11.5 Å². The van der Waals surface area contributed by atoms with E-state index in [1.54, 1.807) is 30.7 Å². The fraction of sp³-hybridized carbons (Fsp3) is 0.312. The van der Waals surface area contributed by atoms with Crippen LogP contribution < -0.4 is 24.8 Å². The molecule has 0 saturated carbocycles. The van der Waals surface area contributed by atoms with Gasteiger partial charge in [0.25, 0.3) is 5.91 Å². The van der Waals surface area contributed by atoms with Crippen LogP contribution in [0.3, 0.4) is 0 Å². The minimum Gasteiger partial charge on any atom is -0.493 e. The van der Waals surface area contributed by atoms with Crippen LogP contribution in [0.2, 0.25) is 0 Å². The van der Waals surface area contributed by atoms with Gasteiger partial charge in [0.2, 0.25) is 5.75 Å². The minimum absolute atomic E-state index is 0.216. The van der Waals surface area contributed by atoms with E-state index >= 15 is 0 Å². The molecule has 0 saturated heterocycles. The topological polar surface area (TPSA) is 94.6 Å². The van der Waals surface area contributed by atoms with Gasteiger partial charge in [-0.05, 0) is 12.1 Å². The van der Waals surface area contributed by atoms with Gasteiger partial charge < -0.3 is 24.8 Å². The number of aromatic nitrogens is 2. The molecule has 1 aromatic carbocycles. The Labute approximate surface area is 139 Å². The van der Waals surface area contributed by atoms with Gasteiger partial charge in [-0.2, -0.15) is 0 Å². The van der Waals surface area contributed by atoms with Gasteiger partial charge in [0.05, 0.1) is 13.3 Å². The molecule has 0 unspecified atom stereocenters. The van der Waals surface area contributed by atoms with Crippen LogP contribution in [0.15, 0.2) is 30.7 Å². The summed E-state index contributed by atoms with van der Waals surface area (Å²) in [5.74, 6) is 1.97. The highest BCUT2D eigenvalue weighted by Crippen LogP contribution is 2.40. The lowest BCUT2D eigenvalue weighted by Gasteiger charge is -2.21. The summed E-state index contributed by atoms with van der Waals surface area (Å²) in [4.78, 5) is 20.3. The van der Waals surface area contributed by atoms with Gasteiger partial charge in [0.1, 0.15) is 19.0 Å². The standard InChI is InChI=1S/C16H18N4O4/c1-22-12-8-11(9-13-15(12)24-7-6-23-13)16(21)20-5-4-19-14-10-17-2-3-18-14/h2-3,8-10H,4-7H2,1H3,(H,18,19)(H,20,21). The first-order valence-electron chi connectivity index (χ1n) is 7.53. The number of fused-ring (bicyclic) bond motifs is 1. The van der Waals surface area contributed by atoms with E-state index in [0.29, 0.717) is 54.9 Å². The molecule has 0 atom stereocenters. The molecule has 0 fully saturated rings. The third kappa shape index (κ3) is 3.65. The van der Waals surface area contributed by atoms with Crippen molar-refractivity contribution >= 4 is 11.7 Å². The number of nitrogens with zero attached hydrogens (tertiary/aromatic N) is 2. The largest absolute Gasteiger partial charge is 0.493 e. The average molecular weight is 330 g/mol. The maximum atomic E-state index is 12.3. The lowest BCUT2D eigenvalue weighted by Crippen LogP contribution is -2.29. The number of hydrogen-bond donors (Lipinski definition) is 2. The number of nitrogens with one attached hydrogen (secondary N) is 2. The second-order valence-corrected chi connectivity index (χ2v) is 4.98. The number of hydrogen-bond acceptors (Lipinski definition) is 7. The van der Waals surface area contributed by atoms with Crippen LogP contribution in [-0.2, 0) is 0 Å². The highest BCUT2D eigenvalue weighted by Gasteiger charge is 2.20. The van der Waals surface area contributed by atoms with Gasteiger partial charge in [0, 0.05) is 31.0 Å². The smallest absolute Gasteiger partial charge is 0.251 e. The van der Waals surface area contributed by atoms with Gasteiger partial charge >= 0.3 is 0 Å². The van der Waals surface area contributed by atoms with E-state index < -0.39 is 0 Å². The van der Waals surface area contributed by atoms with Crippen molar-refractivity contribution in [3.05, 3.63) is 36.3 Å². The summed E-state index contributed by atoms with van der Waals surface area (Å²) in [6.07, 6.45) is 4.82. The lowest BCUT2D eigenvalue weighted by atomic mass is 10.1. The third-order valence-corrected chi connectivity index (χ3v) is 3.37. The quantitative estimate of drug-likeness (QED) is 0.766. The van der Waals surface area contributed by atoms with Gasteiger partial charge in [-0.25, -0.2) is 4.98 Å². The Bertz CT molecular complexity index is 691. The van der Waals surface area contributed by atoms with Crippen molar-refractivity contribution in [2.75, 3.05) is 38.7 Å². The summed E-state index contributed by atoms with van der Waals surface area (Å²) in [6, 6.07) is 3.29. The number of rotatable bonds is 6. The summed E-state index contributed by atoms with van der Waals surface area (Å²) in [6.45, 7) is 1.88. The number of methoxy groups -OCH3 is 1. The number of anilines is 1. The third-order valence-electron chi connectivity index (χ3n) is 3.37. The van der Waals surface area contributed by atoms with Gasteiger partial charge in [-0.15, -0.1) is 0 Å². The number of carbonyl (C=O) groups excluding carboxylic acids is 1. The molecule has 3 rings (SSSR count). The van der Waals surface area contributed by atoms with Gasteiger partial charge in [-0.1, -0.05) is 0 Å². The van der Waals surface area contributed by atoms with Crippen molar-refractivity contribution in [1.82, 2.24) is 15.3 Å². The van der Waals surface area contributed by atoms with E-state index in [1.165, 1.54) is 7.11 Å². The predicted octanol–water partition coefficient (Wildman–Crippen LogP) is 1.10. The van der Waals surface area contributed by atoms with E-state index in [4.69, 9.17) is 14.2 Å². The van der Waals surface area contributed by atoms with E-state index in [9.17, 15) is 4.79 Å². The molecule has 1 aliphatic rings. The molecule has 8 nitrogen and oxygen atoms in total. The van der Waals surface area contributed by atoms with Crippen molar-refractivity contribution in [1.29, 1.82) is 0 Å². The summed E-state index contributed by atoms with van der Waals surface area (Å²) in [5.41, 5.74) is 0.454. The van der Waals surface area contributed by atoms with Crippen molar-refractivity contribution in [2.45, 2.75) is 0 Å². The van der Waals surface area contributed by atoms with Crippen molar-refractivity contribution < 1.29 is 19.0 Å². The Balaban J connectivity index is 1.58. The van der Waals surface area contributed by atoms with Crippen LogP contribution in [-0.4, -0.2) is 49.3 Å². The van der Waals surface area contributed by atoms with E-state index in [-0.39, 0.29) is 5.91 Å². The van der Waals surface area contributed by atoms with Crippen LogP contribution in [0.4, 0.5) is 5.82 Å². The second kappa shape index (κ2) is 7.49. The fourth-order valence-electron chi connectivity index (χ4n) is 2.26. The molecule has 0 radical (unpaired) electrons. The Morgan fingerprint density at radius 1 is 1.25 bits per heavy atom. The normalized spacial score (nSPS) is 12.4. The Kier molecular flexibility index (Phi) is 4.95. The van der Waals surface area contributed by atoms with Crippen LogP contribution in [0.5, 0.6) is 17.2 Å². The molecule has 1 aromatic heterocycles. The van der Waals surface area contributed by atoms with Crippen LogP contribution in [0.1, 0.15) is 10.4 Å². The Hall–Kier alpha value is -3.03. The van der Waals surface area contributed by atoms with Gasteiger partial charge in [-0.3, -0.25) is 9.78 Å². The maximum absolute atomic E-state index is 12.3. The van der Waals surface area contributed by atoms with Crippen LogP contribution in [0, 0.1) is 0 Å². The Morgan fingerprint density at radius 2 is 2.12 bits per heavy atom. The highest BCUT2D eigenvalue weighted by atomic mass is 16.6. The zero-order valence-corrected chi connectivity index (χ0v) is 13.2. The molecule has 24 heavy (non-hydrogen) atoms. The second-order valence-electron chi connectivity index (χ2n) is 4.98. The highest BCUT2D eigenvalue weighted by molar-refractivity contribution is 5.95. The molecule has 0 aliphatic carbocycles. The first kappa shape index (κ1) is 15.9. The molecule has 2 heterocycles. The summed E-state index contributed by atoms with van der Waals surface area (Å²) in [7, 11) is 1.53.